The Labute approximate surface area is 222 Å². The number of halogens is 2. The van der Waals surface area contributed by atoms with Crippen molar-refractivity contribution in [2.75, 3.05) is 10.8 Å². The molecule has 1 amide bonds. The third-order valence-electron chi connectivity index (χ3n) is 5.25. The van der Waals surface area contributed by atoms with Crippen LogP contribution in [0.15, 0.2) is 83.8 Å². The summed E-state index contributed by atoms with van der Waals surface area (Å²) in [5.41, 5.74) is 2.42. The fraction of sp³-hybridized carbons (Fsp3) is 0.0741. The predicted octanol–water partition coefficient (Wildman–Crippen LogP) is 6.55. The van der Waals surface area contributed by atoms with Crippen LogP contribution in [-0.2, 0) is 11.3 Å². The second kappa shape index (κ2) is 11.4. The average molecular weight is 536 g/mol. The quantitative estimate of drug-likeness (QED) is 0.248. The van der Waals surface area contributed by atoms with Gasteiger partial charge < -0.3 is 14.7 Å². The van der Waals surface area contributed by atoms with E-state index < -0.39 is 5.97 Å². The maximum atomic E-state index is 13.1. The van der Waals surface area contributed by atoms with Crippen molar-refractivity contribution in [1.82, 2.24) is 5.32 Å². The number of fused-ring (bicyclic) bond motifs is 1. The van der Waals surface area contributed by atoms with E-state index in [1.807, 2.05) is 18.2 Å². The van der Waals surface area contributed by atoms with Gasteiger partial charge in [-0.05, 0) is 65.4 Å². The number of hydrogen-bond acceptors (Lipinski definition) is 5. The Morgan fingerprint density at radius 2 is 1.64 bits per heavy atom. The van der Waals surface area contributed by atoms with E-state index in [4.69, 9.17) is 28.5 Å². The highest BCUT2D eigenvalue weighted by molar-refractivity contribution is 8.00. The number of hydrogen-bond donors (Lipinski definition) is 2. The maximum Gasteiger partial charge on any atom is 0.324 e. The van der Waals surface area contributed by atoms with Crippen molar-refractivity contribution in [2.45, 2.75) is 11.4 Å². The van der Waals surface area contributed by atoms with Gasteiger partial charge >= 0.3 is 5.97 Å². The Morgan fingerprint density at radius 1 is 0.944 bits per heavy atom. The molecule has 36 heavy (non-hydrogen) atoms. The number of carboxylic acid groups (broad SMARTS) is 1. The van der Waals surface area contributed by atoms with Crippen LogP contribution >= 0.6 is 35.1 Å². The minimum Gasteiger partial charge on any atom is -0.480 e. The van der Waals surface area contributed by atoms with Crippen LogP contribution in [0.4, 0.5) is 5.69 Å². The predicted molar refractivity (Wildman–Crippen MR) is 144 cm³/mol. The molecular formula is C27H19Cl2N3O3S. The average Bonchev–Trinajstić information content (AvgIpc) is 2.85. The molecule has 9 heteroatoms. The molecule has 0 bridgehead atoms. The van der Waals surface area contributed by atoms with E-state index in [9.17, 15) is 14.7 Å². The smallest absolute Gasteiger partial charge is 0.324 e. The zero-order valence-electron chi connectivity index (χ0n) is 18.7. The summed E-state index contributed by atoms with van der Waals surface area (Å²) >= 11 is 13.5. The van der Waals surface area contributed by atoms with Gasteiger partial charge in [-0.1, -0.05) is 59.6 Å². The van der Waals surface area contributed by atoms with Crippen LogP contribution in [-0.4, -0.2) is 23.5 Å². The highest BCUT2D eigenvalue weighted by Crippen LogP contribution is 2.37. The second-order valence-corrected chi connectivity index (χ2v) is 9.77. The first kappa shape index (κ1) is 25.4. The minimum absolute atomic E-state index is 0.265. The Bertz CT molecular complexity index is 1480. The number of amides is 1. The first-order chi connectivity index (χ1) is 17.3. The normalized spacial score (nSPS) is 10.6. The molecule has 0 unspecified atom stereocenters. The fourth-order valence-electron chi connectivity index (χ4n) is 3.74. The SMILES string of the molecule is N#Cc1cccc(CNC(=O)c2cccc3c(N(CC(=O)O)Sc4cc(Cl)cc(Cl)c4)cccc23)c1. The van der Waals surface area contributed by atoms with E-state index in [0.717, 1.165) is 10.9 Å². The van der Waals surface area contributed by atoms with Gasteiger partial charge in [0.15, 0.2) is 0 Å². The zero-order chi connectivity index (χ0) is 25.7. The molecule has 0 saturated heterocycles. The molecule has 0 heterocycles. The van der Waals surface area contributed by atoms with Crippen LogP contribution in [0.25, 0.3) is 10.8 Å². The second-order valence-electron chi connectivity index (χ2n) is 7.80. The number of carbonyl (C=O) groups is 2. The summed E-state index contributed by atoms with van der Waals surface area (Å²) in [4.78, 5) is 25.5. The number of carboxylic acids is 1. The van der Waals surface area contributed by atoms with Crippen molar-refractivity contribution in [3.05, 3.63) is 106 Å². The number of nitrogens with zero attached hydrogens (tertiary/aromatic N) is 2. The van der Waals surface area contributed by atoms with Gasteiger partial charge in [0, 0.05) is 32.4 Å². The van der Waals surface area contributed by atoms with E-state index in [0.29, 0.717) is 37.1 Å². The van der Waals surface area contributed by atoms with Gasteiger partial charge in [-0.3, -0.25) is 9.59 Å². The Kier molecular flexibility index (Phi) is 8.01. The van der Waals surface area contributed by atoms with Crippen LogP contribution < -0.4 is 9.62 Å². The topological polar surface area (TPSA) is 93.4 Å². The molecule has 0 saturated carbocycles. The van der Waals surface area contributed by atoms with Gasteiger partial charge in [0.1, 0.15) is 6.54 Å². The van der Waals surface area contributed by atoms with Crippen LogP contribution in [0.2, 0.25) is 10.0 Å². The first-order valence-electron chi connectivity index (χ1n) is 10.8. The van der Waals surface area contributed by atoms with E-state index in [-0.39, 0.29) is 19.0 Å². The van der Waals surface area contributed by atoms with Crippen molar-refractivity contribution in [1.29, 1.82) is 5.26 Å². The molecule has 0 radical (unpaired) electrons. The number of rotatable bonds is 8. The summed E-state index contributed by atoms with van der Waals surface area (Å²) < 4.78 is 1.63. The number of carbonyl (C=O) groups excluding carboxylic acids is 1. The number of aliphatic carboxylic acids is 1. The molecule has 0 aliphatic rings. The van der Waals surface area contributed by atoms with Crippen LogP contribution in [0, 0.1) is 11.3 Å². The van der Waals surface area contributed by atoms with E-state index >= 15 is 0 Å². The third-order valence-corrected chi connectivity index (χ3v) is 6.68. The molecule has 4 aromatic carbocycles. The minimum atomic E-state index is -1.01. The molecular weight excluding hydrogens is 517 g/mol. The lowest BCUT2D eigenvalue weighted by atomic mass is 10.0. The number of nitrogens with one attached hydrogen (secondary N) is 1. The molecule has 0 atom stereocenters. The zero-order valence-corrected chi connectivity index (χ0v) is 21.1. The Balaban J connectivity index is 1.66. The highest BCUT2D eigenvalue weighted by atomic mass is 35.5. The molecule has 180 valence electrons. The summed E-state index contributed by atoms with van der Waals surface area (Å²) in [5.74, 6) is -1.29. The van der Waals surface area contributed by atoms with Gasteiger partial charge in [0.05, 0.1) is 17.3 Å². The Hall–Kier alpha value is -3.70. The summed E-state index contributed by atoms with van der Waals surface area (Å²) in [5, 5.41) is 23.8. The molecule has 6 nitrogen and oxygen atoms in total. The number of nitriles is 1. The van der Waals surface area contributed by atoms with Gasteiger partial charge in [0.25, 0.3) is 5.91 Å². The number of anilines is 1. The molecule has 4 rings (SSSR count). The standard InChI is InChI=1S/C27H19Cl2N3O3S/c28-19-11-20(29)13-21(12-19)36-32(16-26(33)34)25-9-3-6-22-23(25)7-2-8-24(22)27(35)31-15-18-5-1-4-17(10-18)14-30/h1-13H,15-16H2,(H,31,35)(H,33,34). The van der Waals surface area contributed by atoms with Crippen molar-refractivity contribution < 1.29 is 14.7 Å². The van der Waals surface area contributed by atoms with Crippen LogP contribution in [0.3, 0.4) is 0 Å². The van der Waals surface area contributed by atoms with E-state index in [1.165, 1.54) is 11.9 Å². The third kappa shape index (κ3) is 6.10. The molecule has 0 aromatic heterocycles. The fourth-order valence-corrected chi connectivity index (χ4v) is 5.44. The summed E-state index contributed by atoms with van der Waals surface area (Å²) in [6.07, 6.45) is 0. The maximum absolute atomic E-state index is 13.1. The van der Waals surface area contributed by atoms with Gasteiger partial charge in [-0.15, -0.1) is 0 Å². The lowest BCUT2D eigenvalue weighted by molar-refractivity contribution is -0.135. The molecule has 0 aliphatic heterocycles. The summed E-state index contributed by atoms with van der Waals surface area (Å²) in [6, 6.07) is 24.9. The molecule has 0 aliphatic carbocycles. The molecule has 0 spiro atoms. The van der Waals surface area contributed by atoms with Crippen molar-refractivity contribution >= 4 is 63.5 Å². The molecule has 0 fully saturated rings. The lowest BCUT2D eigenvalue weighted by Crippen LogP contribution is -2.24. The van der Waals surface area contributed by atoms with Gasteiger partial charge in [-0.25, -0.2) is 0 Å². The van der Waals surface area contributed by atoms with Gasteiger partial charge in [-0.2, -0.15) is 5.26 Å². The van der Waals surface area contributed by atoms with Crippen LogP contribution in [0.1, 0.15) is 21.5 Å². The first-order valence-corrected chi connectivity index (χ1v) is 12.3. The molecule has 4 aromatic rings. The van der Waals surface area contributed by atoms with E-state index in [1.54, 1.807) is 65.0 Å². The van der Waals surface area contributed by atoms with Crippen molar-refractivity contribution in [3.63, 3.8) is 0 Å². The summed E-state index contributed by atoms with van der Waals surface area (Å²) in [6.45, 7) is -0.0273. The molecule has 2 N–H and O–H groups in total. The largest absolute Gasteiger partial charge is 0.480 e. The monoisotopic (exact) mass is 535 g/mol. The van der Waals surface area contributed by atoms with Crippen molar-refractivity contribution in [3.8, 4) is 6.07 Å². The van der Waals surface area contributed by atoms with E-state index in [2.05, 4.69) is 11.4 Å². The Morgan fingerprint density at radius 3 is 2.36 bits per heavy atom. The number of benzene rings is 4. The lowest BCUT2D eigenvalue weighted by Gasteiger charge is -2.23. The summed E-state index contributed by atoms with van der Waals surface area (Å²) in [7, 11) is 0. The van der Waals surface area contributed by atoms with Crippen molar-refractivity contribution in [2.24, 2.45) is 0 Å². The van der Waals surface area contributed by atoms with Gasteiger partial charge in [0.2, 0.25) is 0 Å². The highest BCUT2D eigenvalue weighted by Gasteiger charge is 2.18. The van der Waals surface area contributed by atoms with Crippen LogP contribution in [0.5, 0.6) is 0 Å².